The largest absolute Gasteiger partial charge is 0.232 e. The molecule has 22 heavy (non-hydrogen) atoms. The molecule has 0 N–H and O–H groups in total. The Morgan fingerprint density at radius 2 is 1.45 bits per heavy atom. The zero-order chi connectivity index (χ0) is 16.3. The first-order valence-electron chi connectivity index (χ1n) is 8.01. The van der Waals surface area contributed by atoms with Gasteiger partial charge in [-0.1, -0.05) is 59.6 Å². The molecule has 1 aromatic heterocycles. The summed E-state index contributed by atoms with van der Waals surface area (Å²) in [5, 5.41) is 0.931. The molecular weight excluding hydrogens is 286 g/mol. The standard InChI is InChI=1S/C20H25NS/c1-13(2)17-10-7-16(8-11-17)9-12-18-21-19(14(3)4)20(22-18)15(5)6/h7-8,10-11,13-15H,1-6H3. The molecule has 2 rings (SSSR count). The molecule has 0 aliphatic carbocycles. The van der Waals surface area contributed by atoms with Crippen molar-refractivity contribution >= 4 is 11.3 Å². The van der Waals surface area contributed by atoms with Crippen LogP contribution in [0.5, 0.6) is 0 Å². The molecule has 0 spiro atoms. The van der Waals surface area contributed by atoms with E-state index in [0.717, 1.165) is 10.6 Å². The normalized spacial score (nSPS) is 11.1. The fraction of sp³-hybridized carbons (Fsp3) is 0.450. The van der Waals surface area contributed by atoms with Crippen LogP contribution in [0.3, 0.4) is 0 Å². The molecule has 0 atom stereocenters. The number of thiazole rings is 1. The van der Waals surface area contributed by atoms with Crippen LogP contribution in [-0.2, 0) is 0 Å². The molecule has 1 aromatic carbocycles. The van der Waals surface area contributed by atoms with Crippen LogP contribution in [0.25, 0.3) is 0 Å². The average molecular weight is 311 g/mol. The number of rotatable bonds is 3. The first kappa shape index (κ1) is 16.8. The summed E-state index contributed by atoms with van der Waals surface area (Å²) in [7, 11) is 0. The maximum Gasteiger partial charge on any atom is 0.167 e. The van der Waals surface area contributed by atoms with Crippen molar-refractivity contribution < 1.29 is 0 Å². The first-order chi connectivity index (χ1) is 10.4. The highest BCUT2D eigenvalue weighted by Crippen LogP contribution is 2.30. The fourth-order valence-corrected chi connectivity index (χ4v) is 3.38. The van der Waals surface area contributed by atoms with Gasteiger partial charge < -0.3 is 0 Å². The van der Waals surface area contributed by atoms with Crippen molar-refractivity contribution in [2.75, 3.05) is 0 Å². The minimum absolute atomic E-state index is 0.453. The third-order valence-electron chi connectivity index (χ3n) is 3.64. The number of hydrogen-bond donors (Lipinski definition) is 0. The Labute approximate surface area is 138 Å². The van der Waals surface area contributed by atoms with Crippen LogP contribution in [0, 0.1) is 11.8 Å². The Balaban J connectivity index is 2.26. The smallest absolute Gasteiger partial charge is 0.167 e. The molecule has 1 nitrogen and oxygen atoms in total. The predicted octanol–water partition coefficient (Wildman–Crippen LogP) is 5.91. The summed E-state index contributed by atoms with van der Waals surface area (Å²) in [6, 6.07) is 8.52. The Morgan fingerprint density at radius 3 is 1.91 bits per heavy atom. The quantitative estimate of drug-likeness (QED) is 0.642. The van der Waals surface area contributed by atoms with Gasteiger partial charge in [-0.2, -0.15) is 0 Å². The van der Waals surface area contributed by atoms with Crippen molar-refractivity contribution in [3.8, 4) is 11.8 Å². The second-order valence-electron chi connectivity index (χ2n) is 6.60. The molecule has 0 bridgehead atoms. The van der Waals surface area contributed by atoms with Crippen molar-refractivity contribution in [3.63, 3.8) is 0 Å². The molecule has 116 valence electrons. The summed E-state index contributed by atoms with van der Waals surface area (Å²) in [6.45, 7) is 13.3. The lowest BCUT2D eigenvalue weighted by molar-refractivity contribution is 0.780. The van der Waals surface area contributed by atoms with E-state index in [0.29, 0.717) is 17.8 Å². The van der Waals surface area contributed by atoms with Crippen LogP contribution in [0.1, 0.15) is 86.0 Å². The van der Waals surface area contributed by atoms with Crippen LogP contribution >= 0.6 is 11.3 Å². The van der Waals surface area contributed by atoms with Crippen molar-refractivity contribution in [1.82, 2.24) is 4.98 Å². The lowest BCUT2D eigenvalue weighted by atomic mass is 10.0. The Kier molecular flexibility index (Phi) is 5.42. The van der Waals surface area contributed by atoms with Gasteiger partial charge in [0.05, 0.1) is 5.69 Å². The Bertz CT molecular complexity index is 653. The topological polar surface area (TPSA) is 12.9 Å². The molecule has 0 aliphatic rings. The number of nitrogens with zero attached hydrogens (tertiary/aromatic N) is 1. The number of aromatic nitrogens is 1. The van der Waals surface area contributed by atoms with Gasteiger partial charge in [-0.15, -0.1) is 11.3 Å². The second-order valence-corrected chi connectivity index (χ2v) is 7.64. The van der Waals surface area contributed by atoms with E-state index in [4.69, 9.17) is 4.98 Å². The molecule has 0 saturated carbocycles. The molecule has 0 amide bonds. The highest BCUT2D eigenvalue weighted by Gasteiger charge is 2.15. The van der Waals surface area contributed by atoms with E-state index in [9.17, 15) is 0 Å². The lowest BCUT2D eigenvalue weighted by Gasteiger charge is -2.06. The molecule has 2 aromatic rings. The minimum Gasteiger partial charge on any atom is -0.232 e. The van der Waals surface area contributed by atoms with Crippen LogP contribution < -0.4 is 0 Å². The maximum atomic E-state index is 4.74. The monoisotopic (exact) mass is 311 g/mol. The molecule has 0 fully saturated rings. The van der Waals surface area contributed by atoms with E-state index in [2.05, 4.69) is 77.6 Å². The van der Waals surface area contributed by atoms with Gasteiger partial charge in [0.2, 0.25) is 0 Å². The van der Waals surface area contributed by atoms with Gasteiger partial charge in [0.1, 0.15) is 0 Å². The van der Waals surface area contributed by atoms with Crippen LogP contribution in [0.2, 0.25) is 0 Å². The van der Waals surface area contributed by atoms with E-state index in [-0.39, 0.29) is 0 Å². The van der Waals surface area contributed by atoms with Crippen molar-refractivity contribution in [1.29, 1.82) is 0 Å². The highest BCUT2D eigenvalue weighted by molar-refractivity contribution is 7.12. The maximum absolute atomic E-state index is 4.74. The first-order valence-corrected chi connectivity index (χ1v) is 8.82. The third kappa shape index (κ3) is 3.99. The number of hydrogen-bond acceptors (Lipinski definition) is 2. The summed E-state index contributed by atoms with van der Waals surface area (Å²) in [4.78, 5) is 6.11. The van der Waals surface area contributed by atoms with Gasteiger partial charge in [-0.25, -0.2) is 4.98 Å². The van der Waals surface area contributed by atoms with Gasteiger partial charge in [-0.3, -0.25) is 0 Å². The summed E-state index contributed by atoms with van der Waals surface area (Å²) in [5.41, 5.74) is 3.61. The summed E-state index contributed by atoms with van der Waals surface area (Å²) >= 11 is 1.74. The molecule has 0 unspecified atom stereocenters. The van der Waals surface area contributed by atoms with Crippen LogP contribution in [0.4, 0.5) is 0 Å². The summed E-state index contributed by atoms with van der Waals surface area (Å²) in [5.74, 6) is 8.00. The fourth-order valence-electron chi connectivity index (χ4n) is 2.30. The van der Waals surface area contributed by atoms with Crippen molar-refractivity contribution in [3.05, 3.63) is 51.0 Å². The molecular formula is C20H25NS. The van der Waals surface area contributed by atoms with Gasteiger partial charge >= 0.3 is 0 Å². The second kappa shape index (κ2) is 7.11. The molecule has 2 heteroatoms. The average Bonchev–Trinajstić information content (AvgIpc) is 2.90. The van der Waals surface area contributed by atoms with Crippen molar-refractivity contribution in [2.24, 2.45) is 0 Å². The summed E-state index contributed by atoms with van der Waals surface area (Å²) < 4.78 is 0. The molecule has 1 heterocycles. The van der Waals surface area contributed by atoms with Gasteiger partial charge in [0.15, 0.2) is 5.01 Å². The van der Waals surface area contributed by atoms with Gasteiger partial charge in [-0.05, 0) is 41.4 Å². The zero-order valence-electron chi connectivity index (χ0n) is 14.4. The predicted molar refractivity (Wildman–Crippen MR) is 96.8 cm³/mol. The highest BCUT2D eigenvalue weighted by atomic mass is 32.1. The van der Waals surface area contributed by atoms with E-state index in [1.807, 2.05) is 0 Å². The molecule has 0 aliphatic heterocycles. The van der Waals surface area contributed by atoms with Gasteiger partial charge in [0, 0.05) is 10.4 Å². The third-order valence-corrected chi connectivity index (χ3v) is 4.93. The zero-order valence-corrected chi connectivity index (χ0v) is 15.2. The van der Waals surface area contributed by atoms with Crippen LogP contribution in [0.15, 0.2) is 24.3 Å². The summed E-state index contributed by atoms with van der Waals surface area (Å²) in [6.07, 6.45) is 0. The van der Waals surface area contributed by atoms with E-state index >= 15 is 0 Å². The van der Waals surface area contributed by atoms with Crippen molar-refractivity contribution in [2.45, 2.75) is 59.3 Å². The van der Waals surface area contributed by atoms with Gasteiger partial charge in [0.25, 0.3) is 0 Å². The van der Waals surface area contributed by atoms with E-state index in [1.54, 1.807) is 11.3 Å². The molecule has 0 radical (unpaired) electrons. The Hall–Kier alpha value is -1.59. The lowest BCUT2D eigenvalue weighted by Crippen LogP contribution is -1.94. The SMILES string of the molecule is CC(C)c1ccc(C#Cc2nc(C(C)C)c(C(C)C)s2)cc1. The van der Waals surface area contributed by atoms with Crippen LogP contribution in [-0.4, -0.2) is 4.98 Å². The molecule has 0 saturated heterocycles. The van der Waals surface area contributed by atoms with E-state index in [1.165, 1.54) is 16.1 Å². The van der Waals surface area contributed by atoms with E-state index < -0.39 is 0 Å². The minimum atomic E-state index is 0.453. The Morgan fingerprint density at radius 1 is 0.818 bits per heavy atom. The number of benzene rings is 1.